The Morgan fingerprint density at radius 2 is 1.72 bits per heavy atom. The van der Waals surface area contributed by atoms with Crippen LogP contribution < -0.4 is 14.2 Å². The highest BCUT2D eigenvalue weighted by atomic mass is 16.7. The van der Waals surface area contributed by atoms with E-state index in [4.69, 9.17) is 24.1 Å². The number of carbonyl (C=O) groups is 2. The summed E-state index contributed by atoms with van der Waals surface area (Å²) in [6, 6.07) is 11.1. The molecular weight excluding hydrogens is 326 g/mol. The predicted molar refractivity (Wildman–Crippen MR) is 91.3 cm³/mol. The van der Waals surface area contributed by atoms with Gasteiger partial charge in [-0.25, -0.2) is 0 Å². The monoisotopic (exact) mass is 345 g/mol. The Kier molecular flexibility index (Phi) is 5.84. The van der Waals surface area contributed by atoms with Gasteiger partial charge in [0.05, 0.1) is 7.11 Å². The molecule has 0 bridgehead atoms. The molecule has 0 fully saturated rings. The SMILES string of the molecule is COc1cc2c(cc1-c1ccc(C(=O)N(C)C)cc1)OCO2.O=CO. The van der Waals surface area contributed by atoms with Crippen LogP contribution in [0.15, 0.2) is 36.4 Å². The van der Waals surface area contributed by atoms with Crippen LogP contribution >= 0.6 is 0 Å². The lowest BCUT2D eigenvalue weighted by Gasteiger charge is -2.12. The zero-order valence-corrected chi connectivity index (χ0v) is 14.2. The normalized spacial score (nSPS) is 11.2. The predicted octanol–water partition coefficient (Wildman–Crippen LogP) is 2.49. The summed E-state index contributed by atoms with van der Waals surface area (Å²) in [4.78, 5) is 21.8. The highest BCUT2D eigenvalue weighted by Crippen LogP contribution is 2.42. The minimum atomic E-state index is -0.250. The lowest BCUT2D eigenvalue weighted by Crippen LogP contribution is -2.21. The van der Waals surface area contributed by atoms with Crippen molar-refractivity contribution in [2.24, 2.45) is 0 Å². The third-order valence-corrected chi connectivity index (χ3v) is 3.54. The summed E-state index contributed by atoms with van der Waals surface area (Å²) in [5.41, 5.74) is 2.49. The fourth-order valence-corrected chi connectivity index (χ4v) is 2.37. The highest BCUT2D eigenvalue weighted by Gasteiger charge is 2.19. The van der Waals surface area contributed by atoms with Gasteiger partial charge in [0.2, 0.25) is 6.79 Å². The van der Waals surface area contributed by atoms with Crippen molar-refractivity contribution >= 4 is 12.4 Å². The van der Waals surface area contributed by atoms with E-state index < -0.39 is 0 Å². The third-order valence-electron chi connectivity index (χ3n) is 3.54. The van der Waals surface area contributed by atoms with Crippen LogP contribution in [0.4, 0.5) is 0 Å². The molecule has 0 saturated heterocycles. The summed E-state index contributed by atoms with van der Waals surface area (Å²) in [5, 5.41) is 6.89. The van der Waals surface area contributed by atoms with E-state index in [1.165, 1.54) is 0 Å². The first-order valence-corrected chi connectivity index (χ1v) is 7.39. The van der Waals surface area contributed by atoms with Crippen LogP contribution in [0.3, 0.4) is 0 Å². The third kappa shape index (κ3) is 4.00. The van der Waals surface area contributed by atoms with E-state index >= 15 is 0 Å². The van der Waals surface area contributed by atoms with Crippen LogP contribution in [0.1, 0.15) is 10.4 Å². The van der Waals surface area contributed by atoms with Crippen LogP contribution in [-0.2, 0) is 4.79 Å². The van der Waals surface area contributed by atoms with Gasteiger partial charge in [0, 0.05) is 31.3 Å². The number of methoxy groups -OCH3 is 1. The first-order chi connectivity index (χ1) is 12.0. The molecule has 1 aliphatic rings. The minimum Gasteiger partial charge on any atom is -0.496 e. The molecule has 25 heavy (non-hydrogen) atoms. The molecule has 1 aliphatic heterocycles. The highest BCUT2D eigenvalue weighted by molar-refractivity contribution is 5.94. The lowest BCUT2D eigenvalue weighted by atomic mass is 10.0. The fraction of sp³-hybridized carbons (Fsp3) is 0.222. The molecule has 0 aliphatic carbocycles. The van der Waals surface area contributed by atoms with Crippen LogP contribution in [-0.4, -0.2) is 50.4 Å². The van der Waals surface area contributed by atoms with E-state index in [1.54, 1.807) is 26.1 Å². The van der Waals surface area contributed by atoms with E-state index in [0.717, 1.165) is 11.1 Å². The number of fused-ring (bicyclic) bond motifs is 1. The number of ether oxygens (including phenoxy) is 3. The number of carboxylic acid groups (broad SMARTS) is 1. The molecule has 1 N–H and O–H groups in total. The van der Waals surface area contributed by atoms with Crippen LogP contribution in [0.5, 0.6) is 17.2 Å². The smallest absolute Gasteiger partial charge is 0.290 e. The maximum atomic E-state index is 11.9. The number of carbonyl (C=O) groups excluding carboxylic acids is 1. The molecular formula is C18H19NO6. The van der Waals surface area contributed by atoms with Crippen molar-refractivity contribution in [2.45, 2.75) is 0 Å². The zero-order chi connectivity index (χ0) is 18.4. The number of rotatable bonds is 3. The summed E-state index contributed by atoms with van der Waals surface area (Å²) < 4.78 is 16.2. The largest absolute Gasteiger partial charge is 0.496 e. The molecule has 7 nitrogen and oxygen atoms in total. The molecule has 0 aromatic heterocycles. The van der Waals surface area contributed by atoms with Gasteiger partial charge < -0.3 is 24.2 Å². The van der Waals surface area contributed by atoms with E-state index in [9.17, 15) is 4.79 Å². The second-order valence-electron chi connectivity index (χ2n) is 5.29. The van der Waals surface area contributed by atoms with E-state index in [-0.39, 0.29) is 19.2 Å². The molecule has 0 atom stereocenters. The first kappa shape index (κ1) is 18.1. The van der Waals surface area contributed by atoms with Gasteiger partial charge in [-0.2, -0.15) is 0 Å². The van der Waals surface area contributed by atoms with Crippen LogP contribution in [0, 0.1) is 0 Å². The van der Waals surface area contributed by atoms with Crippen molar-refractivity contribution in [1.29, 1.82) is 0 Å². The average molecular weight is 345 g/mol. The van der Waals surface area contributed by atoms with Gasteiger partial charge in [0.1, 0.15) is 5.75 Å². The molecule has 1 amide bonds. The van der Waals surface area contributed by atoms with Gasteiger partial charge in [-0.15, -0.1) is 0 Å². The number of hydrogen-bond acceptors (Lipinski definition) is 5. The lowest BCUT2D eigenvalue weighted by molar-refractivity contribution is -0.122. The Balaban J connectivity index is 0.000000701. The Labute approximate surface area is 145 Å². The first-order valence-electron chi connectivity index (χ1n) is 7.39. The maximum absolute atomic E-state index is 11.9. The van der Waals surface area contributed by atoms with Crippen molar-refractivity contribution in [3.8, 4) is 28.4 Å². The Hall–Kier alpha value is -3.22. The maximum Gasteiger partial charge on any atom is 0.290 e. The molecule has 3 rings (SSSR count). The van der Waals surface area contributed by atoms with Crippen molar-refractivity contribution in [1.82, 2.24) is 4.90 Å². The number of hydrogen-bond donors (Lipinski definition) is 1. The van der Waals surface area contributed by atoms with Crippen LogP contribution in [0.2, 0.25) is 0 Å². The molecule has 0 saturated carbocycles. The molecule has 0 unspecified atom stereocenters. The number of benzene rings is 2. The van der Waals surface area contributed by atoms with Crippen molar-refractivity contribution in [3.05, 3.63) is 42.0 Å². The van der Waals surface area contributed by atoms with Gasteiger partial charge in [0.25, 0.3) is 12.4 Å². The van der Waals surface area contributed by atoms with Gasteiger partial charge >= 0.3 is 0 Å². The second kappa shape index (κ2) is 8.05. The topological polar surface area (TPSA) is 85.3 Å². The molecule has 7 heteroatoms. The molecule has 2 aromatic rings. The van der Waals surface area contributed by atoms with E-state index in [1.807, 2.05) is 36.4 Å². The Morgan fingerprint density at radius 1 is 1.16 bits per heavy atom. The Morgan fingerprint density at radius 3 is 2.24 bits per heavy atom. The zero-order valence-electron chi connectivity index (χ0n) is 14.2. The summed E-state index contributed by atoms with van der Waals surface area (Å²) in [5.74, 6) is 2.06. The standard InChI is InChI=1S/C17H17NO4.CH2O2/c1-18(2)17(19)12-6-4-11(5-7-12)13-8-15-16(22-10-21-15)9-14(13)20-3;2-1-3/h4-9H,10H2,1-3H3;1H,(H,2,3). The van der Waals surface area contributed by atoms with Gasteiger partial charge in [-0.3, -0.25) is 9.59 Å². The van der Waals surface area contributed by atoms with Gasteiger partial charge in [-0.1, -0.05) is 12.1 Å². The van der Waals surface area contributed by atoms with Crippen LogP contribution in [0.25, 0.3) is 11.1 Å². The molecule has 1 heterocycles. The van der Waals surface area contributed by atoms with E-state index in [2.05, 4.69) is 0 Å². The Bertz CT molecular complexity index is 755. The molecule has 0 spiro atoms. The number of nitrogens with zero attached hydrogens (tertiary/aromatic N) is 1. The molecule has 2 aromatic carbocycles. The summed E-state index contributed by atoms with van der Waals surface area (Å²) in [6.45, 7) is -0.0295. The van der Waals surface area contributed by atoms with Crippen molar-refractivity contribution in [2.75, 3.05) is 28.0 Å². The average Bonchev–Trinajstić information content (AvgIpc) is 3.08. The van der Waals surface area contributed by atoms with Crippen molar-refractivity contribution < 1.29 is 28.9 Å². The van der Waals surface area contributed by atoms with Gasteiger partial charge in [-0.05, 0) is 23.8 Å². The molecule has 132 valence electrons. The fourth-order valence-electron chi connectivity index (χ4n) is 2.37. The minimum absolute atomic E-state index is 0.0239. The van der Waals surface area contributed by atoms with Gasteiger partial charge in [0.15, 0.2) is 11.5 Å². The molecule has 0 radical (unpaired) electrons. The van der Waals surface area contributed by atoms with E-state index in [0.29, 0.717) is 22.8 Å². The summed E-state index contributed by atoms with van der Waals surface area (Å²) in [7, 11) is 5.08. The summed E-state index contributed by atoms with van der Waals surface area (Å²) in [6.07, 6.45) is 0. The summed E-state index contributed by atoms with van der Waals surface area (Å²) >= 11 is 0. The van der Waals surface area contributed by atoms with Crippen molar-refractivity contribution in [3.63, 3.8) is 0 Å². The second-order valence-corrected chi connectivity index (χ2v) is 5.29. The quantitative estimate of drug-likeness (QED) is 0.860. The number of amides is 1.